The van der Waals surface area contributed by atoms with Crippen molar-refractivity contribution in [1.29, 1.82) is 0 Å². The molecule has 6 heteroatoms. The summed E-state index contributed by atoms with van der Waals surface area (Å²) >= 11 is 5.87. The summed E-state index contributed by atoms with van der Waals surface area (Å²) in [7, 11) is 0. The smallest absolute Gasteiger partial charge is 0.251 e. The maximum absolute atomic E-state index is 13.0. The van der Waals surface area contributed by atoms with Gasteiger partial charge in [0.25, 0.3) is 5.91 Å². The lowest BCUT2D eigenvalue weighted by Gasteiger charge is -2.35. The standard InChI is InChI=1S/C19H27ClN2O3/c1-4-16-12-22(9-10-25-16)19(24)17(11-13(2)3)21-18(23)14-5-7-15(20)8-6-14/h5-8,13,16-17H,4,9-12H2,1-3H3,(H,21,23)/t16-,17+/m1/s1. The predicted molar refractivity (Wildman–Crippen MR) is 98.8 cm³/mol. The Kier molecular flexibility index (Phi) is 7.26. The second kappa shape index (κ2) is 9.20. The van der Waals surface area contributed by atoms with Gasteiger partial charge in [-0.2, -0.15) is 0 Å². The Morgan fingerprint density at radius 2 is 2.00 bits per heavy atom. The number of nitrogens with one attached hydrogen (secondary N) is 1. The lowest BCUT2D eigenvalue weighted by Crippen LogP contribution is -2.54. The van der Waals surface area contributed by atoms with E-state index in [1.54, 1.807) is 24.3 Å². The second-order valence-electron chi connectivity index (χ2n) is 6.85. The van der Waals surface area contributed by atoms with Crippen LogP contribution < -0.4 is 5.32 Å². The number of amides is 2. The van der Waals surface area contributed by atoms with E-state index in [9.17, 15) is 9.59 Å². The van der Waals surface area contributed by atoms with Crippen molar-refractivity contribution in [2.45, 2.75) is 45.8 Å². The Morgan fingerprint density at radius 3 is 2.60 bits per heavy atom. The molecule has 1 heterocycles. The van der Waals surface area contributed by atoms with Crippen molar-refractivity contribution in [1.82, 2.24) is 10.2 Å². The molecule has 2 amide bonds. The summed E-state index contributed by atoms with van der Waals surface area (Å²) in [5.74, 6) is 0.0104. The average molecular weight is 367 g/mol. The SMILES string of the molecule is CC[C@@H]1CN(C(=O)[C@H](CC(C)C)NC(=O)c2ccc(Cl)cc2)CCO1. The predicted octanol–water partition coefficient (Wildman–Crippen LogP) is 3.12. The molecule has 0 bridgehead atoms. The number of benzene rings is 1. The molecule has 1 aromatic rings. The van der Waals surface area contributed by atoms with Gasteiger partial charge in [0, 0.05) is 23.7 Å². The zero-order valence-corrected chi connectivity index (χ0v) is 15.9. The molecular weight excluding hydrogens is 340 g/mol. The lowest BCUT2D eigenvalue weighted by atomic mass is 10.0. The zero-order chi connectivity index (χ0) is 18.4. The summed E-state index contributed by atoms with van der Waals surface area (Å²) < 4.78 is 5.64. The van der Waals surface area contributed by atoms with Crippen LogP contribution in [0.5, 0.6) is 0 Å². The molecule has 0 spiro atoms. The molecule has 0 aromatic heterocycles. The third-order valence-electron chi connectivity index (χ3n) is 4.32. The Morgan fingerprint density at radius 1 is 1.32 bits per heavy atom. The van der Waals surface area contributed by atoms with Crippen LogP contribution in [0.25, 0.3) is 0 Å². The van der Waals surface area contributed by atoms with Crippen molar-refractivity contribution in [3.8, 4) is 0 Å². The van der Waals surface area contributed by atoms with Gasteiger partial charge in [0.05, 0.1) is 12.7 Å². The second-order valence-corrected chi connectivity index (χ2v) is 7.28. The van der Waals surface area contributed by atoms with Gasteiger partial charge < -0.3 is 15.0 Å². The Hall–Kier alpha value is -1.59. The fourth-order valence-electron chi connectivity index (χ4n) is 2.92. The van der Waals surface area contributed by atoms with Crippen LogP contribution >= 0.6 is 11.6 Å². The van der Waals surface area contributed by atoms with E-state index in [0.717, 1.165) is 6.42 Å². The van der Waals surface area contributed by atoms with Gasteiger partial charge in [-0.1, -0.05) is 32.4 Å². The molecule has 1 saturated heterocycles. The highest BCUT2D eigenvalue weighted by Gasteiger charge is 2.30. The Balaban J connectivity index is 2.08. The molecule has 0 saturated carbocycles. The zero-order valence-electron chi connectivity index (χ0n) is 15.1. The van der Waals surface area contributed by atoms with Crippen LogP contribution in [0.3, 0.4) is 0 Å². The van der Waals surface area contributed by atoms with Crippen LogP contribution in [0.1, 0.15) is 44.0 Å². The van der Waals surface area contributed by atoms with Crippen LogP contribution in [0.15, 0.2) is 24.3 Å². The highest BCUT2D eigenvalue weighted by Crippen LogP contribution is 2.15. The molecule has 2 atom stereocenters. The van der Waals surface area contributed by atoms with Crippen LogP contribution in [-0.4, -0.2) is 48.6 Å². The van der Waals surface area contributed by atoms with E-state index in [4.69, 9.17) is 16.3 Å². The molecule has 1 N–H and O–H groups in total. The first kappa shape index (κ1) is 19.7. The van der Waals surface area contributed by atoms with Crippen LogP contribution in [0.2, 0.25) is 5.02 Å². The molecule has 1 aliphatic rings. The van der Waals surface area contributed by atoms with E-state index in [2.05, 4.69) is 5.32 Å². The summed E-state index contributed by atoms with van der Waals surface area (Å²) in [6.07, 6.45) is 1.55. The molecule has 1 aliphatic heterocycles. The van der Waals surface area contributed by atoms with E-state index < -0.39 is 6.04 Å². The number of hydrogen-bond donors (Lipinski definition) is 1. The normalized spacial score (nSPS) is 18.9. The third-order valence-corrected chi connectivity index (χ3v) is 4.57. The summed E-state index contributed by atoms with van der Waals surface area (Å²) in [4.78, 5) is 27.3. The van der Waals surface area contributed by atoms with Crippen molar-refractivity contribution in [3.63, 3.8) is 0 Å². The quantitative estimate of drug-likeness (QED) is 0.841. The molecule has 0 radical (unpaired) electrons. The number of carbonyl (C=O) groups is 2. The monoisotopic (exact) mass is 366 g/mol. The van der Waals surface area contributed by atoms with Crippen LogP contribution in [-0.2, 0) is 9.53 Å². The average Bonchev–Trinajstić information content (AvgIpc) is 2.60. The van der Waals surface area contributed by atoms with E-state index >= 15 is 0 Å². The minimum Gasteiger partial charge on any atom is -0.375 e. The van der Waals surface area contributed by atoms with Crippen molar-refractivity contribution >= 4 is 23.4 Å². The van der Waals surface area contributed by atoms with Crippen molar-refractivity contribution in [2.24, 2.45) is 5.92 Å². The minimum atomic E-state index is -0.529. The molecule has 0 aliphatic carbocycles. The topological polar surface area (TPSA) is 58.6 Å². The third kappa shape index (κ3) is 5.72. The highest BCUT2D eigenvalue weighted by atomic mass is 35.5. The van der Waals surface area contributed by atoms with Crippen molar-refractivity contribution in [2.75, 3.05) is 19.7 Å². The van der Waals surface area contributed by atoms with Gasteiger partial charge in [0.2, 0.25) is 5.91 Å². The van der Waals surface area contributed by atoms with E-state index in [0.29, 0.717) is 42.6 Å². The summed E-state index contributed by atoms with van der Waals surface area (Å²) in [6, 6.07) is 6.14. The highest BCUT2D eigenvalue weighted by molar-refractivity contribution is 6.30. The minimum absolute atomic E-state index is 0.0298. The molecular formula is C19H27ClN2O3. The lowest BCUT2D eigenvalue weighted by molar-refractivity contribution is -0.141. The molecule has 0 unspecified atom stereocenters. The van der Waals surface area contributed by atoms with E-state index in [-0.39, 0.29) is 17.9 Å². The number of halogens is 1. The first-order valence-electron chi connectivity index (χ1n) is 8.87. The number of rotatable bonds is 6. The Bertz CT molecular complexity index is 589. The molecule has 25 heavy (non-hydrogen) atoms. The number of hydrogen-bond acceptors (Lipinski definition) is 3. The fraction of sp³-hybridized carbons (Fsp3) is 0.579. The first-order chi connectivity index (χ1) is 11.9. The van der Waals surface area contributed by atoms with Gasteiger partial charge in [-0.3, -0.25) is 9.59 Å². The van der Waals surface area contributed by atoms with Crippen molar-refractivity contribution in [3.05, 3.63) is 34.9 Å². The van der Waals surface area contributed by atoms with Crippen LogP contribution in [0, 0.1) is 5.92 Å². The number of ether oxygens (including phenoxy) is 1. The maximum Gasteiger partial charge on any atom is 0.251 e. The van der Waals surface area contributed by atoms with Gasteiger partial charge in [-0.25, -0.2) is 0 Å². The maximum atomic E-state index is 13.0. The molecule has 138 valence electrons. The number of carbonyl (C=O) groups excluding carboxylic acids is 2. The number of nitrogens with zero attached hydrogens (tertiary/aromatic N) is 1. The Labute approximate surface area is 154 Å². The first-order valence-corrected chi connectivity index (χ1v) is 9.25. The molecule has 1 fully saturated rings. The van der Waals surface area contributed by atoms with E-state index in [1.165, 1.54) is 0 Å². The molecule has 2 rings (SSSR count). The molecule has 1 aromatic carbocycles. The van der Waals surface area contributed by atoms with Crippen molar-refractivity contribution < 1.29 is 14.3 Å². The van der Waals surface area contributed by atoms with Gasteiger partial charge in [0.15, 0.2) is 0 Å². The van der Waals surface area contributed by atoms with Crippen LogP contribution in [0.4, 0.5) is 0 Å². The van der Waals surface area contributed by atoms with Gasteiger partial charge in [-0.15, -0.1) is 0 Å². The molecule has 5 nitrogen and oxygen atoms in total. The van der Waals surface area contributed by atoms with E-state index in [1.807, 2.05) is 25.7 Å². The largest absolute Gasteiger partial charge is 0.375 e. The summed E-state index contributed by atoms with van der Waals surface area (Å²) in [6.45, 7) is 7.84. The van der Waals surface area contributed by atoms with Gasteiger partial charge >= 0.3 is 0 Å². The fourth-order valence-corrected chi connectivity index (χ4v) is 3.05. The summed E-state index contributed by atoms with van der Waals surface area (Å²) in [5.41, 5.74) is 0.499. The number of morpholine rings is 1. The summed E-state index contributed by atoms with van der Waals surface area (Å²) in [5, 5.41) is 3.47. The van der Waals surface area contributed by atoms with Gasteiger partial charge in [-0.05, 0) is 43.0 Å². The van der Waals surface area contributed by atoms with Gasteiger partial charge in [0.1, 0.15) is 6.04 Å².